The summed E-state index contributed by atoms with van der Waals surface area (Å²) in [6.45, 7) is 0. The number of thiophene rings is 1. The second-order valence-corrected chi connectivity index (χ2v) is 6.06. The molecule has 9 heteroatoms. The van der Waals surface area contributed by atoms with Crippen molar-refractivity contribution in [3.8, 4) is 0 Å². The first kappa shape index (κ1) is 13.3. The lowest BCUT2D eigenvalue weighted by molar-refractivity contribution is -0.384. The van der Waals surface area contributed by atoms with Gasteiger partial charge in [-0.25, -0.2) is 8.42 Å². The molecule has 0 fully saturated rings. The number of nitrogens with two attached hydrogens (primary N) is 1. The molecule has 19 heavy (non-hydrogen) atoms. The summed E-state index contributed by atoms with van der Waals surface area (Å²) in [5.74, 6) is 0. The van der Waals surface area contributed by atoms with Crippen LogP contribution < -0.4 is 10.5 Å². The smallest absolute Gasteiger partial charge is 0.293 e. The van der Waals surface area contributed by atoms with Crippen molar-refractivity contribution in [3.63, 3.8) is 0 Å². The first-order valence-corrected chi connectivity index (χ1v) is 7.42. The lowest BCUT2D eigenvalue weighted by Crippen LogP contribution is -2.13. The number of nitrogens with one attached hydrogen (secondary N) is 1. The van der Waals surface area contributed by atoms with Crippen molar-refractivity contribution in [1.82, 2.24) is 0 Å². The van der Waals surface area contributed by atoms with E-state index in [2.05, 4.69) is 4.72 Å². The minimum absolute atomic E-state index is 0.0838. The van der Waals surface area contributed by atoms with Gasteiger partial charge in [0, 0.05) is 11.4 Å². The fourth-order valence-electron chi connectivity index (χ4n) is 1.39. The fourth-order valence-corrected chi connectivity index (χ4v) is 3.12. The third-order valence-electron chi connectivity index (χ3n) is 2.28. The molecule has 3 N–H and O–H groups in total. The maximum Gasteiger partial charge on any atom is 0.293 e. The van der Waals surface area contributed by atoms with Gasteiger partial charge in [-0.15, -0.1) is 0 Å². The Balaban J connectivity index is 2.41. The van der Waals surface area contributed by atoms with E-state index < -0.39 is 20.6 Å². The summed E-state index contributed by atoms with van der Waals surface area (Å²) in [6, 6.07) is 4.94. The molecule has 100 valence electrons. The Hall–Kier alpha value is -2.13. The second-order valence-electron chi connectivity index (χ2n) is 3.60. The molecule has 0 bridgehead atoms. The van der Waals surface area contributed by atoms with E-state index in [1.807, 2.05) is 0 Å². The highest BCUT2D eigenvalue weighted by molar-refractivity contribution is 7.92. The van der Waals surface area contributed by atoms with Gasteiger partial charge in [-0.05, 0) is 23.6 Å². The molecule has 0 radical (unpaired) electrons. The standard InChI is InChI=1S/C10H9N3O4S2/c11-9-2-1-8(5-10(9)13(14)15)19(16,17)12-7-3-4-18-6-7/h1-6,12H,11H2. The zero-order valence-electron chi connectivity index (χ0n) is 9.44. The molecule has 0 saturated carbocycles. The summed E-state index contributed by atoms with van der Waals surface area (Å²) in [4.78, 5) is 9.80. The summed E-state index contributed by atoms with van der Waals surface area (Å²) in [7, 11) is -3.86. The van der Waals surface area contributed by atoms with E-state index in [0.29, 0.717) is 5.69 Å². The van der Waals surface area contributed by atoms with Crippen LogP contribution in [0.2, 0.25) is 0 Å². The van der Waals surface area contributed by atoms with E-state index >= 15 is 0 Å². The Morgan fingerprint density at radius 1 is 1.32 bits per heavy atom. The van der Waals surface area contributed by atoms with Crippen LogP contribution in [0.5, 0.6) is 0 Å². The summed E-state index contributed by atoms with van der Waals surface area (Å²) in [5, 5.41) is 14.1. The van der Waals surface area contributed by atoms with Crippen molar-refractivity contribution in [1.29, 1.82) is 0 Å². The maximum absolute atomic E-state index is 12.0. The van der Waals surface area contributed by atoms with Gasteiger partial charge in [-0.1, -0.05) is 0 Å². The SMILES string of the molecule is Nc1ccc(S(=O)(=O)Nc2ccsc2)cc1[N+](=O)[O-]. The van der Waals surface area contributed by atoms with Crippen LogP contribution in [0.3, 0.4) is 0 Å². The Morgan fingerprint density at radius 3 is 2.63 bits per heavy atom. The zero-order valence-corrected chi connectivity index (χ0v) is 11.1. The molecule has 0 atom stereocenters. The topological polar surface area (TPSA) is 115 Å². The summed E-state index contributed by atoms with van der Waals surface area (Å²) < 4.78 is 26.4. The number of nitro benzene ring substituents is 1. The molecule has 1 aromatic carbocycles. The van der Waals surface area contributed by atoms with Gasteiger partial charge in [0.05, 0.1) is 15.5 Å². The number of nitrogens with zero attached hydrogens (tertiary/aromatic N) is 1. The number of sulfonamides is 1. The van der Waals surface area contributed by atoms with E-state index in [1.165, 1.54) is 23.5 Å². The van der Waals surface area contributed by atoms with Crippen molar-refractivity contribution in [2.24, 2.45) is 0 Å². The normalized spacial score (nSPS) is 11.2. The van der Waals surface area contributed by atoms with Gasteiger partial charge in [0.25, 0.3) is 15.7 Å². The van der Waals surface area contributed by atoms with E-state index in [1.54, 1.807) is 16.8 Å². The molecule has 0 aliphatic rings. The maximum atomic E-state index is 12.0. The quantitative estimate of drug-likeness (QED) is 0.509. The molecule has 2 aromatic rings. The Bertz CT molecular complexity index is 710. The Kier molecular flexibility index (Phi) is 3.40. The predicted octanol–water partition coefficient (Wildman–Crippen LogP) is 2.04. The summed E-state index contributed by atoms with van der Waals surface area (Å²) in [5.41, 5.74) is 5.30. The third-order valence-corrected chi connectivity index (χ3v) is 4.34. The van der Waals surface area contributed by atoms with E-state index in [9.17, 15) is 18.5 Å². The molecular weight excluding hydrogens is 290 g/mol. The average Bonchev–Trinajstić information content (AvgIpc) is 2.80. The van der Waals surface area contributed by atoms with Gasteiger partial charge >= 0.3 is 0 Å². The minimum Gasteiger partial charge on any atom is -0.393 e. The monoisotopic (exact) mass is 299 g/mol. The lowest BCUT2D eigenvalue weighted by Gasteiger charge is -2.06. The minimum atomic E-state index is -3.86. The predicted molar refractivity (Wildman–Crippen MR) is 72.6 cm³/mol. The van der Waals surface area contributed by atoms with Crippen molar-refractivity contribution < 1.29 is 13.3 Å². The number of anilines is 2. The van der Waals surface area contributed by atoms with Crippen LogP contribution in [0.1, 0.15) is 0 Å². The second kappa shape index (κ2) is 4.86. The van der Waals surface area contributed by atoms with Crippen LogP contribution in [0.25, 0.3) is 0 Å². The van der Waals surface area contributed by atoms with Crippen molar-refractivity contribution in [2.75, 3.05) is 10.5 Å². The molecule has 0 spiro atoms. The molecule has 1 heterocycles. The van der Waals surface area contributed by atoms with Crippen LogP contribution in [-0.4, -0.2) is 13.3 Å². The van der Waals surface area contributed by atoms with Crippen LogP contribution in [-0.2, 0) is 10.0 Å². The van der Waals surface area contributed by atoms with E-state index in [0.717, 1.165) is 6.07 Å². The van der Waals surface area contributed by atoms with Crippen LogP contribution in [0.15, 0.2) is 39.9 Å². The average molecular weight is 299 g/mol. The van der Waals surface area contributed by atoms with Crippen LogP contribution >= 0.6 is 11.3 Å². The largest absolute Gasteiger partial charge is 0.393 e. The van der Waals surface area contributed by atoms with Crippen molar-refractivity contribution in [3.05, 3.63) is 45.1 Å². The highest BCUT2D eigenvalue weighted by Crippen LogP contribution is 2.26. The van der Waals surface area contributed by atoms with Gasteiger partial charge in [-0.2, -0.15) is 11.3 Å². The highest BCUT2D eigenvalue weighted by atomic mass is 32.2. The molecule has 2 rings (SSSR count). The fraction of sp³-hybridized carbons (Fsp3) is 0. The molecule has 1 aromatic heterocycles. The highest BCUT2D eigenvalue weighted by Gasteiger charge is 2.20. The van der Waals surface area contributed by atoms with Gasteiger partial charge in [0.2, 0.25) is 0 Å². The van der Waals surface area contributed by atoms with Gasteiger partial charge in [-0.3, -0.25) is 14.8 Å². The van der Waals surface area contributed by atoms with Crippen molar-refractivity contribution in [2.45, 2.75) is 4.90 Å². The molecule has 0 aliphatic heterocycles. The van der Waals surface area contributed by atoms with Crippen LogP contribution in [0, 0.1) is 10.1 Å². The van der Waals surface area contributed by atoms with Gasteiger partial charge < -0.3 is 5.73 Å². The first-order chi connectivity index (χ1) is 8.90. The van der Waals surface area contributed by atoms with Crippen LogP contribution in [0.4, 0.5) is 17.1 Å². The molecule has 7 nitrogen and oxygen atoms in total. The van der Waals surface area contributed by atoms with Gasteiger partial charge in [0.15, 0.2) is 0 Å². The Morgan fingerprint density at radius 2 is 2.05 bits per heavy atom. The van der Waals surface area contributed by atoms with Crippen molar-refractivity contribution >= 4 is 38.4 Å². The summed E-state index contributed by atoms with van der Waals surface area (Å²) >= 11 is 1.33. The molecule has 0 amide bonds. The molecule has 0 saturated heterocycles. The van der Waals surface area contributed by atoms with E-state index in [-0.39, 0.29) is 10.6 Å². The summed E-state index contributed by atoms with van der Waals surface area (Å²) in [6.07, 6.45) is 0. The number of benzene rings is 1. The third kappa shape index (κ3) is 2.83. The molecular formula is C10H9N3O4S2. The van der Waals surface area contributed by atoms with Gasteiger partial charge in [0.1, 0.15) is 5.69 Å². The lowest BCUT2D eigenvalue weighted by atomic mass is 10.3. The first-order valence-electron chi connectivity index (χ1n) is 4.99. The zero-order chi connectivity index (χ0) is 14.0. The molecule has 0 unspecified atom stereocenters. The number of nitrogen functional groups attached to an aromatic ring is 1. The number of hydrogen-bond donors (Lipinski definition) is 2. The molecule has 0 aliphatic carbocycles. The number of nitro groups is 1. The number of hydrogen-bond acceptors (Lipinski definition) is 6. The van der Waals surface area contributed by atoms with E-state index in [4.69, 9.17) is 5.73 Å². The number of rotatable bonds is 4. The Labute approximate surface area is 112 Å².